The van der Waals surface area contributed by atoms with Gasteiger partial charge in [0.15, 0.2) is 0 Å². The quantitative estimate of drug-likeness (QED) is 0.723. The molecule has 15 heavy (non-hydrogen) atoms. The highest BCUT2D eigenvalue weighted by molar-refractivity contribution is 5.77. The summed E-state index contributed by atoms with van der Waals surface area (Å²) < 4.78 is 5.09. The molecule has 0 spiro atoms. The number of likely N-dealkylation sites (tertiary alicyclic amines) is 1. The van der Waals surface area contributed by atoms with Crippen molar-refractivity contribution in [3.05, 3.63) is 24.1 Å². The van der Waals surface area contributed by atoms with Crippen LogP contribution < -0.4 is 5.73 Å². The van der Waals surface area contributed by atoms with Gasteiger partial charge in [-0.1, -0.05) is 0 Å². The van der Waals surface area contributed by atoms with Gasteiger partial charge < -0.3 is 15.4 Å². The number of primary amides is 1. The van der Waals surface area contributed by atoms with Crippen LogP contribution >= 0.6 is 0 Å². The van der Waals surface area contributed by atoms with Crippen molar-refractivity contribution in [1.82, 2.24) is 4.90 Å². The first-order valence-electron chi connectivity index (χ1n) is 5.24. The number of hydrogen-bond acceptors (Lipinski definition) is 3. The normalized spacial score (nSPS) is 29.9. The SMILES string of the molecule is CC1C(C(N)=O)CCN1C1=CCOC=C1. The number of nitrogens with two attached hydrogens (primary N) is 1. The van der Waals surface area contributed by atoms with E-state index >= 15 is 0 Å². The second-order valence-electron chi connectivity index (χ2n) is 4.00. The van der Waals surface area contributed by atoms with Crippen molar-refractivity contribution < 1.29 is 9.53 Å². The van der Waals surface area contributed by atoms with Gasteiger partial charge in [0.25, 0.3) is 0 Å². The Morgan fingerprint density at radius 3 is 3.00 bits per heavy atom. The molecule has 0 bridgehead atoms. The minimum absolute atomic E-state index is 0.0258. The number of amides is 1. The zero-order chi connectivity index (χ0) is 10.8. The molecule has 0 saturated carbocycles. The maximum absolute atomic E-state index is 11.2. The van der Waals surface area contributed by atoms with Crippen LogP contribution in [0.15, 0.2) is 24.1 Å². The molecule has 2 unspecified atom stereocenters. The first-order valence-corrected chi connectivity index (χ1v) is 5.24. The molecular weight excluding hydrogens is 192 g/mol. The number of carbonyl (C=O) groups excluding carboxylic acids is 1. The number of rotatable bonds is 2. The molecule has 2 aliphatic heterocycles. The molecule has 2 heterocycles. The standard InChI is InChI=1S/C11H16N2O2/c1-8-10(11(12)14)2-5-13(8)9-3-6-15-7-4-9/h3-4,6,8,10H,2,5,7H2,1H3,(H2,12,14). The first kappa shape index (κ1) is 10.1. The Bertz CT molecular complexity index is 323. The zero-order valence-corrected chi connectivity index (χ0v) is 8.85. The van der Waals surface area contributed by atoms with E-state index in [1.807, 2.05) is 19.1 Å². The van der Waals surface area contributed by atoms with E-state index in [1.54, 1.807) is 6.26 Å². The molecule has 0 aromatic rings. The van der Waals surface area contributed by atoms with Crippen LogP contribution in [0.4, 0.5) is 0 Å². The van der Waals surface area contributed by atoms with Gasteiger partial charge >= 0.3 is 0 Å². The third-order valence-corrected chi connectivity index (χ3v) is 3.18. The Hall–Kier alpha value is -1.45. The van der Waals surface area contributed by atoms with Crippen molar-refractivity contribution in [3.63, 3.8) is 0 Å². The van der Waals surface area contributed by atoms with Gasteiger partial charge in [0.05, 0.1) is 12.2 Å². The third kappa shape index (κ3) is 1.84. The Morgan fingerprint density at radius 1 is 1.67 bits per heavy atom. The topological polar surface area (TPSA) is 55.6 Å². The molecule has 0 radical (unpaired) electrons. The van der Waals surface area contributed by atoms with Gasteiger partial charge in [-0.05, 0) is 25.5 Å². The smallest absolute Gasteiger partial charge is 0.222 e. The van der Waals surface area contributed by atoms with Gasteiger partial charge in [0.1, 0.15) is 6.61 Å². The van der Waals surface area contributed by atoms with Gasteiger partial charge in [-0.2, -0.15) is 0 Å². The van der Waals surface area contributed by atoms with Crippen LogP contribution in [0.25, 0.3) is 0 Å². The fourth-order valence-electron chi connectivity index (χ4n) is 2.27. The number of carbonyl (C=O) groups is 1. The predicted octanol–water partition coefficient (Wildman–Crippen LogP) is 0.610. The highest BCUT2D eigenvalue weighted by atomic mass is 16.5. The average molecular weight is 208 g/mol. The van der Waals surface area contributed by atoms with Crippen molar-refractivity contribution in [1.29, 1.82) is 0 Å². The Balaban J connectivity index is 2.09. The van der Waals surface area contributed by atoms with Crippen LogP contribution in [0.3, 0.4) is 0 Å². The molecule has 4 heteroatoms. The molecule has 2 rings (SSSR count). The number of allylic oxidation sites excluding steroid dienone is 1. The number of ether oxygens (including phenoxy) is 1. The summed E-state index contributed by atoms with van der Waals surface area (Å²) >= 11 is 0. The second kappa shape index (κ2) is 3.96. The molecule has 1 amide bonds. The van der Waals surface area contributed by atoms with E-state index in [2.05, 4.69) is 4.90 Å². The van der Waals surface area contributed by atoms with E-state index in [-0.39, 0.29) is 17.9 Å². The molecule has 2 N–H and O–H groups in total. The fourth-order valence-corrected chi connectivity index (χ4v) is 2.27. The molecule has 0 aromatic carbocycles. The summed E-state index contributed by atoms with van der Waals surface area (Å²) in [4.78, 5) is 13.4. The van der Waals surface area contributed by atoms with E-state index in [4.69, 9.17) is 10.5 Å². The molecule has 2 aliphatic rings. The van der Waals surface area contributed by atoms with Crippen LogP contribution in [-0.4, -0.2) is 30.0 Å². The van der Waals surface area contributed by atoms with Gasteiger partial charge in [0, 0.05) is 18.3 Å². The lowest BCUT2D eigenvalue weighted by molar-refractivity contribution is -0.122. The summed E-state index contributed by atoms with van der Waals surface area (Å²) in [5.41, 5.74) is 6.49. The largest absolute Gasteiger partial charge is 0.497 e. The fraction of sp³-hybridized carbons (Fsp3) is 0.545. The molecule has 0 aliphatic carbocycles. The van der Waals surface area contributed by atoms with E-state index < -0.39 is 0 Å². The van der Waals surface area contributed by atoms with Gasteiger partial charge in [0.2, 0.25) is 5.91 Å². The highest BCUT2D eigenvalue weighted by Gasteiger charge is 2.34. The van der Waals surface area contributed by atoms with Crippen LogP contribution in [0.1, 0.15) is 13.3 Å². The summed E-state index contributed by atoms with van der Waals surface area (Å²) in [5, 5.41) is 0. The molecule has 4 nitrogen and oxygen atoms in total. The number of hydrogen-bond donors (Lipinski definition) is 1. The lowest BCUT2D eigenvalue weighted by atomic mass is 10.0. The minimum Gasteiger partial charge on any atom is -0.497 e. The maximum atomic E-state index is 11.2. The summed E-state index contributed by atoms with van der Waals surface area (Å²) in [6, 6.07) is 0.191. The molecule has 0 aromatic heterocycles. The van der Waals surface area contributed by atoms with Crippen LogP contribution in [0, 0.1) is 5.92 Å². The molecule has 82 valence electrons. The Labute approximate surface area is 89.4 Å². The second-order valence-corrected chi connectivity index (χ2v) is 4.00. The lowest BCUT2D eigenvalue weighted by Gasteiger charge is -2.27. The monoisotopic (exact) mass is 208 g/mol. The van der Waals surface area contributed by atoms with Crippen molar-refractivity contribution in [3.8, 4) is 0 Å². The highest BCUT2D eigenvalue weighted by Crippen LogP contribution is 2.28. The minimum atomic E-state index is -0.193. The van der Waals surface area contributed by atoms with Crippen LogP contribution in [0.2, 0.25) is 0 Å². The van der Waals surface area contributed by atoms with Crippen molar-refractivity contribution in [2.24, 2.45) is 11.7 Å². The Kier molecular flexibility index (Phi) is 2.66. The summed E-state index contributed by atoms with van der Waals surface area (Å²) in [5.74, 6) is -0.219. The summed E-state index contributed by atoms with van der Waals surface area (Å²) in [6.45, 7) is 3.55. The molecule has 1 fully saturated rings. The van der Waals surface area contributed by atoms with Gasteiger partial charge in [-0.15, -0.1) is 0 Å². The number of nitrogens with zero attached hydrogens (tertiary/aromatic N) is 1. The average Bonchev–Trinajstić information content (AvgIpc) is 2.61. The molecular formula is C11H16N2O2. The van der Waals surface area contributed by atoms with Crippen LogP contribution in [-0.2, 0) is 9.53 Å². The first-order chi connectivity index (χ1) is 7.20. The van der Waals surface area contributed by atoms with Crippen molar-refractivity contribution >= 4 is 5.91 Å². The summed E-state index contributed by atoms with van der Waals surface area (Å²) in [7, 11) is 0. The molecule has 1 saturated heterocycles. The molecule has 2 atom stereocenters. The van der Waals surface area contributed by atoms with Crippen LogP contribution in [0.5, 0.6) is 0 Å². The van der Waals surface area contributed by atoms with Crippen molar-refractivity contribution in [2.45, 2.75) is 19.4 Å². The maximum Gasteiger partial charge on any atom is 0.222 e. The van der Waals surface area contributed by atoms with Gasteiger partial charge in [-0.25, -0.2) is 0 Å². The van der Waals surface area contributed by atoms with E-state index in [9.17, 15) is 4.79 Å². The predicted molar refractivity (Wildman–Crippen MR) is 56.6 cm³/mol. The lowest BCUT2D eigenvalue weighted by Crippen LogP contribution is -2.35. The van der Waals surface area contributed by atoms with E-state index in [0.29, 0.717) is 6.61 Å². The van der Waals surface area contributed by atoms with Crippen molar-refractivity contribution in [2.75, 3.05) is 13.2 Å². The van der Waals surface area contributed by atoms with E-state index in [1.165, 1.54) is 0 Å². The summed E-state index contributed by atoms with van der Waals surface area (Å²) in [6.07, 6.45) is 6.51. The van der Waals surface area contributed by atoms with Gasteiger partial charge in [-0.3, -0.25) is 4.79 Å². The van der Waals surface area contributed by atoms with E-state index in [0.717, 1.165) is 18.7 Å². The third-order valence-electron chi connectivity index (χ3n) is 3.18. The Morgan fingerprint density at radius 2 is 2.47 bits per heavy atom. The zero-order valence-electron chi connectivity index (χ0n) is 8.85.